The van der Waals surface area contributed by atoms with Crippen LogP contribution in [-0.4, -0.2) is 16.9 Å². The number of halogens is 1. The molecule has 2 unspecified atom stereocenters. The number of carbonyl (C=O) groups excluding carboxylic acids is 1. The fourth-order valence-electron chi connectivity index (χ4n) is 1.65. The summed E-state index contributed by atoms with van der Waals surface area (Å²) in [4.78, 5) is 16.2. The standard InChI is InChI=1S/C14H21ClN2O/c1-5-9(3)10(4)16-14(18)11-7-12(6-2)17-13(15)8-11/h7-10H,5-6H2,1-4H3,(H,16,18). The van der Waals surface area contributed by atoms with Crippen LogP contribution >= 0.6 is 11.6 Å². The minimum atomic E-state index is -0.0817. The molecule has 0 spiro atoms. The Morgan fingerprint density at radius 1 is 1.39 bits per heavy atom. The topological polar surface area (TPSA) is 42.0 Å². The van der Waals surface area contributed by atoms with Crippen LogP contribution in [0.15, 0.2) is 12.1 Å². The second-order valence-corrected chi connectivity index (χ2v) is 5.06. The molecule has 0 fully saturated rings. The molecule has 18 heavy (non-hydrogen) atoms. The van der Waals surface area contributed by atoms with Gasteiger partial charge in [0.2, 0.25) is 0 Å². The van der Waals surface area contributed by atoms with E-state index in [-0.39, 0.29) is 11.9 Å². The molecule has 4 heteroatoms. The van der Waals surface area contributed by atoms with Gasteiger partial charge in [-0.15, -0.1) is 0 Å². The SMILES string of the molecule is CCc1cc(C(=O)NC(C)C(C)CC)cc(Cl)n1. The summed E-state index contributed by atoms with van der Waals surface area (Å²) in [5, 5.41) is 3.37. The van der Waals surface area contributed by atoms with Crippen molar-refractivity contribution in [3.63, 3.8) is 0 Å². The first-order chi connectivity index (χ1) is 8.47. The molecule has 3 nitrogen and oxygen atoms in total. The van der Waals surface area contributed by atoms with Gasteiger partial charge in [0, 0.05) is 17.3 Å². The van der Waals surface area contributed by atoms with E-state index in [0.29, 0.717) is 16.6 Å². The molecule has 0 bridgehead atoms. The largest absolute Gasteiger partial charge is 0.349 e. The number of pyridine rings is 1. The monoisotopic (exact) mass is 268 g/mol. The zero-order valence-electron chi connectivity index (χ0n) is 11.5. The van der Waals surface area contributed by atoms with Gasteiger partial charge in [-0.05, 0) is 31.4 Å². The molecule has 1 aromatic heterocycles. The van der Waals surface area contributed by atoms with Crippen LogP contribution < -0.4 is 5.32 Å². The number of hydrogen-bond acceptors (Lipinski definition) is 2. The van der Waals surface area contributed by atoms with Gasteiger partial charge < -0.3 is 5.32 Å². The smallest absolute Gasteiger partial charge is 0.251 e. The van der Waals surface area contributed by atoms with Gasteiger partial charge in [-0.25, -0.2) is 4.98 Å². The third kappa shape index (κ3) is 3.98. The van der Waals surface area contributed by atoms with Crippen molar-refractivity contribution in [1.29, 1.82) is 0 Å². The molecule has 0 aliphatic carbocycles. The van der Waals surface area contributed by atoms with Crippen molar-refractivity contribution in [2.75, 3.05) is 0 Å². The van der Waals surface area contributed by atoms with Crippen molar-refractivity contribution in [3.05, 3.63) is 28.5 Å². The highest BCUT2D eigenvalue weighted by atomic mass is 35.5. The summed E-state index contributed by atoms with van der Waals surface area (Å²) in [6.45, 7) is 8.26. The predicted octanol–water partition coefficient (Wildman–Crippen LogP) is 3.46. The Morgan fingerprint density at radius 2 is 2.06 bits per heavy atom. The van der Waals surface area contributed by atoms with E-state index < -0.39 is 0 Å². The average Bonchev–Trinajstić information content (AvgIpc) is 2.36. The zero-order valence-corrected chi connectivity index (χ0v) is 12.2. The molecular weight excluding hydrogens is 248 g/mol. The third-order valence-electron chi connectivity index (χ3n) is 3.33. The Labute approximate surface area is 114 Å². The number of hydrogen-bond donors (Lipinski definition) is 1. The lowest BCUT2D eigenvalue weighted by Crippen LogP contribution is -2.36. The van der Waals surface area contributed by atoms with Crippen molar-refractivity contribution >= 4 is 17.5 Å². The predicted molar refractivity (Wildman–Crippen MR) is 75.0 cm³/mol. The summed E-state index contributed by atoms with van der Waals surface area (Å²) in [5.74, 6) is 0.374. The number of rotatable bonds is 5. The van der Waals surface area contributed by atoms with Gasteiger partial charge in [-0.3, -0.25) is 4.79 Å². The van der Waals surface area contributed by atoms with Gasteiger partial charge in [0.25, 0.3) is 5.91 Å². The number of carbonyl (C=O) groups is 1. The van der Waals surface area contributed by atoms with E-state index in [1.54, 1.807) is 12.1 Å². The van der Waals surface area contributed by atoms with Crippen molar-refractivity contribution in [2.24, 2.45) is 5.92 Å². The van der Waals surface area contributed by atoms with E-state index in [2.05, 4.69) is 24.1 Å². The Balaban J connectivity index is 2.81. The van der Waals surface area contributed by atoms with Gasteiger partial charge in [-0.2, -0.15) is 0 Å². The van der Waals surface area contributed by atoms with Crippen molar-refractivity contribution in [1.82, 2.24) is 10.3 Å². The van der Waals surface area contributed by atoms with Gasteiger partial charge in [-0.1, -0.05) is 38.8 Å². The summed E-state index contributed by atoms with van der Waals surface area (Å²) < 4.78 is 0. The van der Waals surface area contributed by atoms with Crippen LogP contribution in [0.25, 0.3) is 0 Å². The number of nitrogens with one attached hydrogen (secondary N) is 1. The summed E-state index contributed by atoms with van der Waals surface area (Å²) in [5.41, 5.74) is 1.42. The Kier molecular flexibility index (Phi) is 5.60. The van der Waals surface area contributed by atoms with Crippen molar-refractivity contribution < 1.29 is 4.79 Å². The highest BCUT2D eigenvalue weighted by molar-refractivity contribution is 6.29. The molecule has 0 saturated heterocycles. The summed E-state index contributed by atoms with van der Waals surface area (Å²) in [6.07, 6.45) is 1.81. The minimum absolute atomic E-state index is 0.0817. The Hall–Kier alpha value is -1.09. The lowest BCUT2D eigenvalue weighted by molar-refractivity contribution is 0.0928. The fourth-order valence-corrected chi connectivity index (χ4v) is 1.88. The lowest BCUT2D eigenvalue weighted by Gasteiger charge is -2.20. The van der Waals surface area contributed by atoms with Gasteiger partial charge >= 0.3 is 0 Å². The normalized spacial score (nSPS) is 14.1. The lowest BCUT2D eigenvalue weighted by atomic mass is 10.0. The van der Waals surface area contributed by atoms with Crippen LogP contribution in [0.2, 0.25) is 5.15 Å². The maximum absolute atomic E-state index is 12.1. The minimum Gasteiger partial charge on any atom is -0.349 e. The Morgan fingerprint density at radius 3 is 2.61 bits per heavy atom. The molecular formula is C14H21ClN2O. The van der Waals surface area contributed by atoms with Gasteiger partial charge in [0.15, 0.2) is 0 Å². The van der Waals surface area contributed by atoms with E-state index in [1.165, 1.54) is 0 Å². The average molecular weight is 269 g/mol. The molecule has 2 atom stereocenters. The molecule has 0 aliphatic heterocycles. The zero-order chi connectivity index (χ0) is 13.7. The molecule has 0 saturated carbocycles. The summed E-state index contributed by atoms with van der Waals surface area (Å²) in [7, 11) is 0. The second-order valence-electron chi connectivity index (χ2n) is 4.67. The molecule has 0 radical (unpaired) electrons. The van der Waals surface area contributed by atoms with Gasteiger partial charge in [0.05, 0.1) is 0 Å². The van der Waals surface area contributed by atoms with Crippen molar-refractivity contribution in [2.45, 2.75) is 46.6 Å². The maximum Gasteiger partial charge on any atom is 0.251 e. The number of aromatic nitrogens is 1. The van der Waals surface area contributed by atoms with E-state index in [0.717, 1.165) is 18.5 Å². The Bertz CT molecular complexity index is 420. The number of aryl methyl sites for hydroxylation is 1. The highest BCUT2D eigenvalue weighted by Crippen LogP contribution is 2.13. The van der Waals surface area contributed by atoms with Crippen LogP contribution in [-0.2, 0) is 6.42 Å². The van der Waals surface area contributed by atoms with Crippen LogP contribution in [0.5, 0.6) is 0 Å². The van der Waals surface area contributed by atoms with Crippen LogP contribution in [0.1, 0.15) is 50.2 Å². The van der Waals surface area contributed by atoms with E-state index in [1.807, 2.05) is 13.8 Å². The molecule has 1 aromatic rings. The summed E-state index contributed by atoms with van der Waals surface area (Å²) >= 11 is 5.91. The van der Waals surface area contributed by atoms with Crippen LogP contribution in [0, 0.1) is 5.92 Å². The van der Waals surface area contributed by atoms with E-state index >= 15 is 0 Å². The third-order valence-corrected chi connectivity index (χ3v) is 3.52. The number of amides is 1. The van der Waals surface area contributed by atoms with E-state index in [9.17, 15) is 4.79 Å². The molecule has 0 aliphatic rings. The molecule has 1 heterocycles. The van der Waals surface area contributed by atoms with Crippen LogP contribution in [0.3, 0.4) is 0 Å². The molecule has 1 rings (SSSR count). The van der Waals surface area contributed by atoms with E-state index in [4.69, 9.17) is 11.6 Å². The molecule has 100 valence electrons. The molecule has 1 N–H and O–H groups in total. The first-order valence-electron chi connectivity index (χ1n) is 6.45. The number of nitrogens with zero attached hydrogens (tertiary/aromatic N) is 1. The van der Waals surface area contributed by atoms with Crippen LogP contribution in [0.4, 0.5) is 0 Å². The first-order valence-corrected chi connectivity index (χ1v) is 6.83. The summed E-state index contributed by atoms with van der Waals surface area (Å²) in [6, 6.07) is 3.56. The van der Waals surface area contributed by atoms with Crippen molar-refractivity contribution in [3.8, 4) is 0 Å². The molecule has 1 amide bonds. The second kappa shape index (κ2) is 6.74. The molecule has 0 aromatic carbocycles. The fraction of sp³-hybridized carbons (Fsp3) is 0.571. The quantitative estimate of drug-likeness (QED) is 0.831. The first kappa shape index (κ1) is 15.0. The maximum atomic E-state index is 12.1. The van der Waals surface area contributed by atoms with Gasteiger partial charge in [0.1, 0.15) is 5.15 Å². The highest BCUT2D eigenvalue weighted by Gasteiger charge is 2.15.